The van der Waals surface area contributed by atoms with Gasteiger partial charge in [0.05, 0.1) is 25.2 Å². The molecule has 2 rings (SSSR count). The number of hydrogen-bond donors (Lipinski definition) is 2. The molecule has 1 unspecified atom stereocenters. The second-order valence-corrected chi connectivity index (χ2v) is 4.25. The Hall–Kier alpha value is -2.14. The van der Waals surface area contributed by atoms with Crippen LogP contribution in [0, 0.1) is 0 Å². The molecule has 2 N–H and O–H groups in total. The Labute approximate surface area is 111 Å². The van der Waals surface area contributed by atoms with Crippen LogP contribution >= 0.6 is 0 Å². The lowest BCUT2D eigenvalue weighted by Gasteiger charge is -2.14. The number of imidazole rings is 1. The van der Waals surface area contributed by atoms with Crippen LogP contribution in [-0.2, 0) is 0 Å². The standard InChI is InChI=1S/C14H17N3O2/c1-2-11(9-18)16-14(19)13-8-15-10-17(13)12-6-4-3-5-7-12/h3-8,10-11,18H,2,9H2,1H3,(H,16,19). The highest BCUT2D eigenvalue weighted by molar-refractivity contribution is 5.93. The number of rotatable bonds is 5. The van der Waals surface area contributed by atoms with Crippen molar-refractivity contribution in [3.63, 3.8) is 0 Å². The molecule has 0 aliphatic carbocycles. The first-order valence-electron chi connectivity index (χ1n) is 6.25. The highest BCUT2D eigenvalue weighted by Crippen LogP contribution is 2.10. The topological polar surface area (TPSA) is 67.2 Å². The SMILES string of the molecule is CCC(CO)NC(=O)c1cncn1-c1ccccc1. The van der Waals surface area contributed by atoms with Crippen molar-refractivity contribution in [3.8, 4) is 5.69 Å². The van der Waals surface area contributed by atoms with Gasteiger partial charge in [-0.3, -0.25) is 9.36 Å². The van der Waals surface area contributed by atoms with E-state index in [1.165, 1.54) is 6.20 Å². The quantitative estimate of drug-likeness (QED) is 0.852. The van der Waals surface area contributed by atoms with Crippen LogP contribution in [0.25, 0.3) is 5.69 Å². The molecule has 1 atom stereocenters. The number of hydrogen-bond acceptors (Lipinski definition) is 3. The monoisotopic (exact) mass is 259 g/mol. The molecule has 5 heteroatoms. The largest absolute Gasteiger partial charge is 0.394 e. The number of para-hydroxylation sites is 1. The zero-order valence-electron chi connectivity index (χ0n) is 10.8. The summed E-state index contributed by atoms with van der Waals surface area (Å²) < 4.78 is 1.72. The van der Waals surface area contributed by atoms with Crippen molar-refractivity contribution in [2.24, 2.45) is 0 Å². The molecular weight excluding hydrogens is 242 g/mol. The van der Waals surface area contributed by atoms with Gasteiger partial charge in [0.2, 0.25) is 0 Å². The number of aromatic nitrogens is 2. The van der Waals surface area contributed by atoms with Crippen LogP contribution in [0.15, 0.2) is 42.9 Å². The Kier molecular flexibility index (Phi) is 4.30. The number of carbonyl (C=O) groups is 1. The first kappa shape index (κ1) is 13.3. The van der Waals surface area contributed by atoms with E-state index in [0.29, 0.717) is 12.1 Å². The Morgan fingerprint density at radius 3 is 2.79 bits per heavy atom. The fourth-order valence-corrected chi connectivity index (χ4v) is 1.79. The molecule has 0 spiro atoms. The smallest absolute Gasteiger partial charge is 0.270 e. The molecule has 1 amide bonds. The highest BCUT2D eigenvalue weighted by atomic mass is 16.3. The van der Waals surface area contributed by atoms with Gasteiger partial charge >= 0.3 is 0 Å². The van der Waals surface area contributed by atoms with E-state index >= 15 is 0 Å². The van der Waals surface area contributed by atoms with Crippen LogP contribution in [0.4, 0.5) is 0 Å². The molecule has 0 aliphatic rings. The fourth-order valence-electron chi connectivity index (χ4n) is 1.79. The first-order valence-corrected chi connectivity index (χ1v) is 6.25. The third-order valence-corrected chi connectivity index (χ3v) is 2.95. The van der Waals surface area contributed by atoms with E-state index in [4.69, 9.17) is 5.11 Å². The minimum absolute atomic E-state index is 0.0677. The molecule has 0 saturated carbocycles. The van der Waals surface area contributed by atoms with Gasteiger partial charge in [0, 0.05) is 5.69 Å². The summed E-state index contributed by atoms with van der Waals surface area (Å²) in [5.41, 5.74) is 1.33. The number of amides is 1. The van der Waals surface area contributed by atoms with E-state index in [2.05, 4.69) is 10.3 Å². The molecule has 0 saturated heterocycles. The molecule has 1 heterocycles. The molecule has 0 aliphatic heterocycles. The van der Waals surface area contributed by atoms with E-state index in [1.54, 1.807) is 10.9 Å². The summed E-state index contributed by atoms with van der Waals surface area (Å²) in [5.74, 6) is -0.234. The second-order valence-electron chi connectivity index (χ2n) is 4.25. The summed E-state index contributed by atoms with van der Waals surface area (Å²) in [6.45, 7) is 1.84. The lowest BCUT2D eigenvalue weighted by Crippen LogP contribution is -2.37. The van der Waals surface area contributed by atoms with Crippen molar-refractivity contribution in [2.45, 2.75) is 19.4 Å². The van der Waals surface area contributed by atoms with Crippen LogP contribution in [0.5, 0.6) is 0 Å². The average Bonchev–Trinajstić information content (AvgIpc) is 2.95. The van der Waals surface area contributed by atoms with Gasteiger partial charge in [-0.15, -0.1) is 0 Å². The maximum Gasteiger partial charge on any atom is 0.270 e. The molecule has 1 aromatic carbocycles. The van der Waals surface area contributed by atoms with Crippen LogP contribution in [0.1, 0.15) is 23.8 Å². The molecule has 1 aromatic heterocycles. The second kappa shape index (κ2) is 6.15. The van der Waals surface area contributed by atoms with Crippen molar-refractivity contribution in [3.05, 3.63) is 48.5 Å². The number of nitrogens with zero attached hydrogens (tertiary/aromatic N) is 2. The zero-order chi connectivity index (χ0) is 13.7. The normalized spacial score (nSPS) is 12.1. The Morgan fingerprint density at radius 2 is 2.16 bits per heavy atom. The molecule has 0 fully saturated rings. The number of benzene rings is 1. The molecule has 2 aromatic rings. The number of nitrogens with one attached hydrogen (secondary N) is 1. The summed E-state index contributed by atoms with van der Waals surface area (Å²) in [7, 11) is 0. The molecule has 5 nitrogen and oxygen atoms in total. The fraction of sp³-hybridized carbons (Fsp3) is 0.286. The van der Waals surface area contributed by atoms with Gasteiger partial charge in [-0.25, -0.2) is 4.98 Å². The van der Waals surface area contributed by atoms with Crippen molar-refractivity contribution < 1.29 is 9.90 Å². The van der Waals surface area contributed by atoms with E-state index in [-0.39, 0.29) is 18.6 Å². The molecular formula is C14H17N3O2. The van der Waals surface area contributed by atoms with Crippen LogP contribution < -0.4 is 5.32 Å². The van der Waals surface area contributed by atoms with E-state index in [0.717, 1.165) is 5.69 Å². The van der Waals surface area contributed by atoms with Crippen molar-refractivity contribution >= 4 is 5.91 Å². The predicted molar refractivity (Wildman–Crippen MR) is 72.2 cm³/mol. The molecule has 100 valence electrons. The van der Waals surface area contributed by atoms with Crippen LogP contribution in [0.3, 0.4) is 0 Å². The van der Waals surface area contributed by atoms with Gasteiger partial charge < -0.3 is 10.4 Å². The van der Waals surface area contributed by atoms with Crippen molar-refractivity contribution in [2.75, 3.05) is 6.61 Å². The summed E-state index contributed by atoms with van der Waals surface area (Å²) in [5, 5.41) is 11.9. The average molecular weight is 259 g/mol. The first-order chi connectivity index (χ1) is 9.26. The molecule has 0 bridgehead atoms. The predicted octanol–water partition coefficient (Wildman–Crippen LogP) is 1.37. The highest BCUT2D eigenvalue weighted by Gasteiger charge is 2.15. The van der Waals surface area contributed by atoms with Crippen LogP contribution in [0.2, 0.25) is 0 Å². The van der Waals surface area contributed by atoms with E-state index in [9.17, 15) is 4.79 Å². The van der Waals surface area contributed by atoms with Gasteiger partial charge in [-0.2, -0.15) is 0 Å². The summed E-state index contributed by atoms with van der Waals surface area (Å²) in [6.07, 6.45) is 3.80. The third-order valence-electron chi connectivity index (χ3n) is 2.95. The number of aliphatic hydroxyl groups is 1. The van der Waals surface area contributed by atoms with E-state index in [1.807, 2.05) is 37.3 Å². The lowest BCUT2D eigenvalue weighted by atomic mass is 10.2. The van der Waals surface area contributed by atoms with Crippen molar-refractivity contribution in [1.29, 1.82) is 0 Å². The van der Waals surface area contributed by atoms with Crippen LogP contribution in [-0.4, -0.2) is 33.2 Å². The lowest BCUT2D eigenvalue weighted by molar-refractivity contribution is 0.0908. The molecule has 19 heavy (non-hydrogen) atoms. The Morgan fingerprint density at radius 1 is 1.42 bits per heavy atom. The van der Waals surface area contributed by atoms with Crippen molar-refractivity contribution in [1.82, 2.24) is 14.9 Å². The van der Waals surface area contributed by atoms with Gasteiger partial charge in [-0.05, 0) is 18.6 Å². The maximum absolute atomic E-state index is 12.1. The summed E-state index contributed by atoms with van der Waals surface area (Å²) in [4.78, 5) is 16.2. The van der Waals surface area contributed by atoms with E-state index < -0.39 is 0 Å². The summed E-state index contributed by atoms with van der Waals surface area (Å²) >= 11 is 0. The van der Waals surface area contributed by atoms with Gasteiger partial charge in [0.15, 0.2) is 0 Å². The minimum Gasteiger partial charge on any atom is -0.394 e. The number of aliphatic hydroxyl groups excluding tert-OH is 1. The van der Waals surface area contributed by atoms with Gasteiger partial charge in [-0.1, -0.05) is 25.1 Å². The van der Waals surface area contributed by atoms with Gasteiger partial charge in [0.1, 0.15) is 5.69 Å². The Balaban J connectivity index is 2.23. The summed E-state index contributed by atoms with van der Waals surface area (Å²) in [6, 6.07) is 9.30. The third kappa shape index (κ3) is 3.00. The maximum atomic E-state index is 12.1. The molecule has 0 radical (unpaired) electrons. The number of carbonyl (C=O) groups excluding carboxylic acids is 1. The minimum atomic E-state index is -0.234. The zero-order valence-corrected chi connectivity index (χ0v) is 10.8. The Bertz CT molecular complexity index is 533. The van der Waals surface area contributed by atoms with Gasteiger partial charge in [0.25, 0.3) is 5.91 Å².